The van der Waals surface area contributed by atoms with Gasteiger partial charge in [0.15, 0.2) is 0 Å². The molecule has 0 atom stereocenters. The van der Waals surface area contributed by atoms with E-state index in [4.69, 9.17) is 5.73 Å². The predicted octanol–water partition coefficient (Wildman–Crippen LogP) is -0.973. The number of hydrogen-bond donors (Lipinski definition) is 3. The molecule has 7 heteroatoms. The summed E-state index contributed by atoms with van der Waals surface area (Å²) >= 11 is 0. The van der Waals surface area contributed by atoms with Crippen LogP contribution in [0.5, 0.6) is 0 Å². The second-order valence-corrected chi connectivity index (χ2v) is 2.34. The van der Waals surface area contributed by atoms with Gasteiger partial charge in [0.1, 0.15) is 6.61 Å². The Labute approximate surface area is 81.9 Å². The van der Waals surface area contributed by atoms with E-state index < -0.39 is 12.2 Å². The summed E-state index contributed by atoms with van der Waals surface area (Å²) < 4.78 is 8.80. The van der Waals surface area contributed by atoms with Gasteiger partial charge in [-0.15, -0.1) is 0 Å². The van der Waals surface area contributed by atoms with Crippen LogP contribution < -0.4 is 16.4 Å². The molecule has 0 aliphatic heterocycles. The summed E-state index contributed by atoms with van der Waals surface area (Å²) in [5.74, 6) is 0. The van der Waals surface area contributed by atoms with Gasteiger partial charge in [-0.3, -0.25) is 0 Å². The van der Waals surface area contributed by atoms with Crippen LogP contribution in [0.3, 0.4) is 0 Å². The highest BCUT2D eigenvalue weighted by atomic mass is 16.5. The monoisotopic (exact) mass is 205 g/mol. The predicted molar refractivity (Wildman–Crippen MR) is 48.8 cm³/mol. The number of carbonyl (C=O) groups is 2. The van der Waals surface area contributed by atoms with Crippen LogP contribution in [-0.2, 0) is 9.47 Å². The van der Waals surface area contributed by atoms with Crippen LogP contribution in [0, 0.1) is 0 Å². The van der Waals surface area contributed by atoms with Crippen molar-refractivity contribution in [1.82, 2.24) is 10.6 Å². The van der Waals surface area contributed by atoms with Crippen LogP contribution in [-0.4, -0.2) is 45.5 Å². The Bertz CT molecular complexity index is 186. The topological polar surface area (TPSA) is 103 Å². The van der Waals surface area contributed by atoms with E-state index in [0.29, 0.717) is 19.6 Å². The van der Waals surface area contributed by atoms with E-state index in [2.05, 4.69) is 20.1 Å². The van der Waals surface area contributed by atoms with Crippen molar-refractivity contribution in [2.24, 2.45) is 5.73 Å². The molecule has 7 nitrogen and oxygen atoms in total. The summed E-state index contributed by atoms with van der Waals surface area (Å²) in [6.07, 6.45) is -1.26. The minimum atomic E-state index is -0.792. The highest BCUT2D eigenvalue weighted by Crippen LogP contribution is 1.72. The third-order valence-electron chi connectivity index (χ3n) is 1.28. The summed E-state index contributed by atoms with van der Waals surface area (Å²) in [4.78, 5) is 20.7. The maximum atomic E-state index is 10.5. The summed E-state index contributed by atoms with van der Waals surface area (Å²) in [5, 5.41) is 5.39. The van der Waals surface area contributed by atoms with E-state index in [1.54, 1.807) is 0 Å². The average molecular weight is 205 g/mol. The van der Waals surface area contributed by atoms with Crippen LogP contribution in [0.1, 0.15) is 0 Å². The summed E-state index contributed by atoms with van der Waals surface area (Å²) in [6.45, 7) is 1.72. The molecule has 0 rings (SSSR count). The van der Waals surface area contributed by atoms with Gasteiger partial charge in [0.05, 0.1) is 7.11 Å². The van der Waals surface area contributed by atoms with Crippen molar-refractivity contribution in [2.75, 3.05) is 33.4 Å². The van der Waals surface area contributed by atoms with E-state index in [-0.39, 0.29) is 6.61 Å². The maximum Gasteiger partial charge on any atom is 0.406 e. The van der Waals surface area contributed by atoms with E-state index in [9.17, 15) is 9.59 Å². The third-order valence-corrected chi connectivity index (χ3v) is 1.28. The van der Waals surface area contributed by atoms with Crippen LogP contribution >= 0.6 is 0 Å². The number of rotatable bonds is 6. The van der Waals surface area contributed by atoms with Crippen LogP contribution in [0.2, 0.25) is 0 Å². The maximum absolute atomic E-state index is 10.5. The van der Waals surface area contributed by atoms with Crippen LogP contribution in [0.15, 0.2) is 0 Å². The highest BCUT2D eigenvalue weighted by Gasteiger charge is 1.96. The van der Waals surface area contributed by atoms with Crippen LogP contribution in [0.25, 0.3) is 0 Å². The molecule has 0 fully saturated rings. The fourth-order valence-corrected chi connectivity index (χ4v) is 0.674. The number of alkyl carbamates (subject to hydrolysis) is 1. The van der Waals surface area contributed by atoms with Gasteiger partial charge in [0, 0.05) is 19.6 Å². The molecule has 4 N–H and O–H groups in total. The number of amides is 2. The Morgan fingerprint density at radius 1 is 1.29 bits per heavy atom. The largest absolute Gasteiger partial charge is 0.453 e. The summed E-state index contributed by atoms with van der Waals surface area (Å²) in [7, 11) is 1.30. The average Bonchev–Trinajstić information content (AvgIpc) is 2.15. The molecule has 0 aliphatic rings. The minimum Gasteiger partial charge on any atom is -0.453 e. The molecule has 14 heavy (non-hydrogen) atoms. The Hall–Kier alpha value is -1.50. The zero-order valence-electron chi connectivity index (χ0n) is 8.04. The van der Waals surface area contributed by atoms with Crippen molar-refractivity contribution in [3.63, 3.8) is 0 Å². The lowest BCUT2D eigenvalue weighted by molar-refractivity contribution is 0.157. The van der Waals surface area contributed by atoms with Crippen molar-refractivity contribution in [2.45, 2.75) is 0 Å². The van der Waals surface area contributed by atoms with Crippen molar-refractivity contribution >= 4 is 12.2 Å². The van der Waals surface area contributed by atoms with Gasteiger partial charge in [-0.2, -0.15) is 0 Å². The highest BCUT2D eigenvalue weighted by molar-refractivity contribution is 5.66. The molecule has 0 aromatic rings. The molecule has 0 spiro atoms. The SMILES string of the molecule is COC(=O)NCCNCCOC(N)=O. The number of nitrogens with one attached hydrogen (secondary N) is 2. The van der Waals surface area contributed by atoms with Gasteiger partial charge in [-0.1, -0.05) is 0 Å². The number of ether oxygens (including phenoxy) is 2. The van der Waals surface area contributed by atoms with Gasteiger partial charge >= 0.3 is 12.2 Å². The number of primary amides is 1. The smallest absolute Gasteiger partial charge is 0.406 e. The van der Waals surface area contributed by atoms with E-state index in [1.807, 2.05) is 0 Å². The molecule has 0 bridgehead atoms. The van der Waals surface area contributed by atoms with Gasteiger partial charge in [-0.05, 0) is 0 Å². The zero-order valence-corrected chi connectivity index (χ0v) is 8.04. The molecule has 0 radical (unpaired) electrons. The van der Waals surface area contributed by atoms with Crippen molar-refractivity contribution in [3.8, 4) is 0 Å². The molecule has 0 saturated heterocycles. The van der Waals surface area contributed by atoms with E-state index in [0.717, 1.165) is 0 Å². The van der Waals surface area contributed by atoms with Gasteiger partial charge in [-0.25, -0.2) is 9.59 Å². The van der Waals surface area contributed by atoms with E-state index in [1.165, 1.54) is 7.11 Å². The molecule has 0 heterocycles. The Balaban J connectivity index is 3.06. The molecule has 0 aromatic carbocycles. The lowest BCUT2D eigenvalue weighted by Gasteiger charge is -2.05. The first-order chi connectivity index (χ1) is 6.66. The van der Waals surface area contributed by atoms with Crippen molar-refractivity contribution in [3.05, 3.63) is 0 Å². The molecule has 2 amide bonds. The van der Waals surface area contributed by atoms with E-state index >= 15 is 0 Å². The molecule has 0 aromatic heterocycles. The second-order valence-electron chi connectivity index (χ2n) is 2.34. The standard InChI is InChI=1S/C7H15N3O4/c1-13-7(12)10-3-2-9-4-5-14-6(8)11/h9H,2-5H2,1H3,(H2,8,11)(H,10,12). The number of carbonyl (C=O) groups excluding carboxylic acids is 2. The Kier molecular flexibility index (Phi) is 7.24. The lowest BCUT2D eigenvalue weighted by atomic mass is 10.6. The second kappa shape index (κ2) is 8.11. The van der Waals surface area contributed by atoms with Crippen LogP contribution in [0.4, 0.5) is 9.59 Å². The molecular formula is C7H15N3O4. The first-order valence-electron chi connectivity index (χ1n) is 4.11. The number of methoxy groups -OCH3 is 1. The zero-order chi connectivity index (χ0) is 10.8. The fourth-order valence-electron chi connectivity index (χ4n) is 0.674. The Morgan fingerprint density at radius 2 is 2.00 bits per heavy atom. The van der Waals surface area contributed by atoms with Gasteiger partial charge in [0.2, 0.25) is 0 Å². The summed E-state index contributed by atoms with van der Waals surface area (Å²) in [5.41, 5.74) is 4.73. The Morgan fingerprint density at radius 3 is 2.57 bits per heavy atom. The molecule has 0 saturated carbocycles. The van der Waals surface area contributed by atoms with Gasteiger partial charge < -0.3 is 25.8 Å². The summed E-state index contributed by atoms with van der Waals surface area (Å²) in [6, 6.07) is 0. The number of hydrogen-bond acceptors (Lipinski definition) is 5. The van der Waals surface area contributed by atoms with Crippen molar-refractivity contribution < 1.29 is 19.1 Å². The van der Waals surface area contributed by atoms with Gasteiger partial charge in [0.25, 0.3) is 0 Å². The normalized spacial score (nSPS) is 9.21. The number of nitrogens with two attached hydrogens (primary N) is 1. The molecule has 0 unspecified atom stereocenters. The minimum absolute atomic E-state index is 0.216. The molecular weight excluding hydrogens is 190 g/mol. The quantitative estimate of drug-likeness (QED) is 0.484. The lowest BCUT2D eigenvalue weighted by Crippen LogP contribution is -2.33. The third kappa shape index (κ3) is 8.60. The van der Waals surface area contributed by atoms with Crippen molar-refractivity contribution in [1.29, 1.82) is 0 Å². The fraction of sp³-hybridized carbons (Fsp3) is 0.714. The molecule has 0 aliphatic carbocycles. The first-order valence-corrected chi connectivity index (χ1v) is 4.11. The first kappa shape index (κ1) is 12.5. The molecule has 82 valence electrons.